The topological polar surface area (TPSA) is 95.1 Å². The van der Waals surface area contributed by atoms with E-state index in [0.29, 0.717) is 22.6 Å². The normalized spacial score (nSPS) is 11.6. The van der Waals surface area contributed by atoms with Gasteiger partial charge in [-0.2, -0.15) is 4.98 Å². The molecule has 0 aliphatic rings. The molecule has 8 heteroatoms. The van der Waals surface area contributed by atoms with E-state index in [0.717, 1.165) is 6.26 Å². The summed E-state index contributed by atoms with van der Waals surface area (Å²) in [6.45, 7) is 1.49. The highest BCUT2D eigenvalue weighted by molar-refractivity contribution is 7.90. The Bertz CT molecular complexity index is 1010. The third-order valence-electron chi connectivity index (χ3n) is 3.60. The summed E-state index contributed by atoms with van der Waals surface area (Å²) < 4.78 is 30.0. The highest BCUT2D eigenvalue weighted by atomic mass is 32.2. The Morgan fingerprint density at radius 3 is 2.42 bits per heavy atom. The zero-order valence-corrected chi connectivity index (χ0v) is 14.2. The van der Waals surface area contributed by atoms with Gasteiger partial charge in [0.25, 0.3) is 5.89 Å². The number of carbonyl (C=O) groups is 1. The van der Waals surface area contributed by atoms with E-state index in [-0.39, 0.29) is 16.6 Å². The van der Waals surface area contributed by atoms with Crippen LogP contribution >= 0.6 is 0 Å². The first-order chi connectivity index (χ1) is 11.3. The monoisotopic (exact) mass is 345 g/mol. The van der Waals surface area contributed by atoms with E-state index in [1.807, 2.05) is 0 Å². The molecule has 2 aromatic heterocycles. The second-order valence-corrected chi connectivity index (χ2v) is 7.52. The molecule has 0 saturated carbocycles. The number of ketones is 1. The van der Waals surface area contributed by atoms with Crippen LogP contribution in [0, 0.1) is 0 Å². The van der Waals surface area contributed by atoms with Crippen molar-refractivity contribution < 1.29 is 17.7 Å². The van der Waals surface area contributed by atoms with Crippen LogP contribution in [-0.2, 0) is 16.9 Å². The molecule has 7 nitrogen and oxygen atoms in total. The lowest BCUT2D eigenvalue weighted by Gasteiger charge is -1.98. The number of Topliss-reactive ketones (excluding diaryl/α,β-unsaturated/α-hetero) is 1. The predicted octanol–water partition coefficient (Wildman–Crippen LogP) is 2.35. The zero-order chi connectivity index (χ0) is 17.5. The molecule has 0 unspecified atom stereocenters. The lowest BCUT2D eigenvalue weighted by atomic mass is 10.2. The van der Waals surface area contributed by atoms with Gasteiger partial charge in [0.1, 0.15) is 5.69 Å². The minimum atomic E-state index is -3.25. The third-order valence-corrected chi connectivity index (χ3v) is 4.73. The predicted molar refractivity (Wildman–Crippen MR) is 87.3 cm³/mol. The van der Waals surface area contributed by atoms with Crippen molar-refractivity contribution in [3.05, 3.63) is 42.1 Å². The number of hydrogen-bond acceptors (Lipinski definition) is 6. The summed E-state index contributed by atoms with van der Waals surface area (Å²) in [5.74, 6) is 0.579. The van der Waals surface area contributed by atoms with Gasteiger partial charge in [0.05, 0.1) is 4.90 Å². The fourth-order valence-electron chi connectivity index (χ4n) is 2.27. The Kier molecular flexibility index (Phi) is 3.84. The summed E-state index contributed by atoms with van der Waals surface area (Å²) in [4.78, 5) is 16.0. The second-order valence-electron chi connectivity index (χ2n) is 5.50. The number of benzene rings is 1. The van der Waals surface area contributed by atoms with Crippen molar-refractivity contribution in [1.29, 1.82) is 0 Å². The molecule has 3 rings (SSSR count). The summed E-state index contributed by atoms with van der Waals surface area (Å²) >= 11 is 0. The van der Waals surface area contributed by atoms with E-state index in [4.69, 9.17) is 4.52 Å². The Hall–Kier alpha value is -2.74. The lowest BCUT2D eigenvalue weighted by molar-refractivity contribution is 0.101. The second kappa shape index (κ2) is 5.72. The summed E-state index contributed by atoms with van der Waals surface area (Å²) in [6.07, 6.45) is 2.85. The van der Waals surface area contributed by atoms with Crippen molar-refractivity contribution in [2.75, 3.05) is 6.26 Å². The SMILES string of the molecule is CC(=O)c1cc(-c2nc(-c3ccc(S(C)(=O)=O)cc3)no2)n(C)c1. The van der Waals surface area contributed by atoms with Crippen LogP contribution < -0.4 is 0 Å². The van der Waals surface area contributed by atoms with Crippen molar-refractivity contribution >= 4 is 15.6 Å². The first-order valence-electron chi connectivity index (χ1n) is 7.07. The smallest absolute Gasteiger partial charge is 0.274 e. The lowest BCUT2D eigenvalue weighted by Crippen LogP contribution is -1.96. The standard InChI is InChI=1S/C16H15N3O4S/c1-10(20)12-8-14(19(2)9-12)16-17-15(18-23-16)11-4-6-13(7-5-11)24(3,21)22/h4-9H,1-3H3. The number of nitrogens with zero attached hydrogens (tertiary/aromatic N) is 3. The first kappa shape index (κ1) is 16.1. The molecular weight excluding hydrogens is 330 g/mol. The van der Waals surface area contributed by atoms with Crippen molar-refractivity contribution in [2.45, 2.75) is 11.8 Å². The Morgan fingerprint density at radius 2 is 1.88 bits per heavy atom. The fourth-order valence-corrected chi connectivity index (χ4v) is 2.90. The molecule has 0 aliphatic heterocycles. The molecule has 0 amide bonds. The third kappa shape index (κ3) is 3.00. The number of aryl methyl sites for hydroxylation is 1. The Morgan fingerprint density at radius 1 is 1.21 bits per heavy atom. The molecule has 124 valence electrons. The molecule has 0 bridgehead atoms. The quantitative estimate of drug-likeness (QED) is 0.674. The molecule has 0 radical (unpaired) electrons. The number of hydrogen-bond donors (Lipinski definition) is 0. The van der Waals surface area contributed by atoms with E-state index in [1.54, 1.807) is 36.0 Å². The van der Waals surface area contributed by atoms with Crippen molar-refractivity contribution in [3.8, 4) is 23.0 Å². The summed E-state index contributed by atoms with van der Waals surface area (Å²) in [5.41, 5.74) is 1.83. The number of aromatic nitrogens is 3. The number of sulfone groups is 1. The van der Waals surface area contributed by atoms with Crippen LogP contribution in [0.25, 0.3) is 23.0 Å². The van der Waals surface area contributed by atoms with Crippen molar-refractivity contribution in [2.24, 2.45) is 7.05 Å². The maximum absolute atomic E-state index is 11.5. The molecular formula is C16H15N3O4S. The van der Waals surface area contributed by atoms with Crippen molar-refractivity contribution in [3.63, 3.8) is 0 Å². The minimum Gasteiger partial charge on any atom is -0.346 e. The largest absolute Gasteiger partial charge is 0.346 e. The van der Waals surface area contributed by atoms with Gasteiger partial charge in [-0.15, -0.1) is 0 Å². The summed E-state index contributed by atoms with van der Waals surface area (Å²) in [6, 6.07) is 7.93. The Labute approximate surface area is 138 Å². The van der Waals surface area contributed by atoms with E-state index in [2.05, 4.69) is 10.1 Å². The average Bonchev–Trinajstić information content (AvgIpc) is 3.13. The molecule has 1 aromatic carbocycles. The van der Waals surface area contributed by atoms with Gasteiger partial charge in [-0.05, 0) is 37.3 Å². The van der Waals surface area contributed by atoms with Gasteiger partial charge in [0.15, 0.2) is 15.6 Å². The molecule has 3 aromatic rings. The first-order valence-corrected chi connectivity index (χ1v) is 8.97. The molecule has 0 aliphatic carbocycles. The maximum Gasteiger partial charge on any atom is 0.274 e. The molecule has 0 atom stereocenters. The van der Waals surface area contributed by atoms with Gasteiger partial charge in [-0.1, -0.05) is 5.16 Å². The van der Waals surface area contributed by atoms with Gasteiger partial charge >= 0.3 is 0 Å². The number of rotatable bonds is 4. The van der Waals surface area contributed by atoms with Crippen LogP contribution in [-0.4, -0.2) is 35.2 Å². The van der Waals surface area contributed by atoms with Gasteiger partial charge < -0.3 is 9.09 Å². The highest BCUT2D eigenvalue weighted by Gasteiger charge is 2.16. The van der Waals surface area contributed by atoms with Crippen LogP contribution in [0.3, 0.4) is 0 Å². The van der Waals surface area contributed by atoms with Crippen LogP contribution in [0.5, 0.6) is 0 Å². The van der Waals surface area contributed by atoms with Crippen LogP contribution in [0.15, 0.2) is 45.9 Å². The minimum absolute atomic E-state index is 0.0482. The maximum atomic E-state index is 11.5. The molecule has 24 heavy (non-hydrogen) atoms. The van der Waals surface area contributed by atoms with Gasteiger partial charge in [0.2, 0.25) is 5.82 Å². The van der Waals surface area contributed by atoms with E-state index in [9.17, 15) is 13.2 Å². The van der Waals surface area contributed by atoms with E-state index < -0.39 is 9.84 Å². The Balaban J connectivity index is 1.95. The fraction of sp³-hybridized carbons (Fsp3) is 0.188. The van der Waals surface area contributed by atoms with Gasteiger partial charge in [-0.3, -0.25) is 4.79 Å². The summed E-state index contributed by atoms with van der Waals surface area (Å²) in [7, 11) is -1.47. The van der Waals surface area contributed by atoms with Gasteiger partial charge in [-0.25, -0.2) is 8.42 Å². The molecule has 0 fully saturated rings. The van der Waals surface area contributed by atoms with E-state index in [1.165, 1.54) is 19.1 Å². The summed E-state index contributed by atoms with van der Waals surface area (Å²) in [5, 5.41) is 3.92. The van der Waals surface area contributed by atoms with Crippen LogP contribution in [0.4, 0.5) is 0 Å². The molecule has 0 spiro atoms. The van der Waals surface area contributed by atoms with E-state index >= 15 is 0 Å². The number of carbonyl (C=O) groups excluding carboxylic acids is 1. The average molecular weight is 345 g/mol. The zero-order valence-electron chi connectivity index (χ0n) is 13.3. The van der Waals surface area contributed by atoms with Crippen molar-refractivity contribution in [1.82, 2.24) is 14.7 Å². The molecule has 0 saturated heterocycles. The highest BCUT2D eigenvalue weighted by Crippen LogP contribution is 2.24. The molecule has 2 heterocycles. The molecule has 0 N–H and O–H groups in total. The van der Waals surface area contributed by atoms with Crippen LogP contribution in [0.1, 0.15) is 17.3 Å². The van der Waals surface area contributed by atoms with Crippen LogP contribution in [0.2, 0.25) is 0 Å². The van der Waals surface area contributed by atoms with Gasteiger partial charge in [0, 0.05) is 30.6 Å².